The normalized spacial score (nSPS) is 26.5. The molecule has 3 rings (SSSR count). The lowest BCUT2D eigenvalue weighted by atomic mass is 9.84. The Morgan fingerprint density at radius 3 is 2.90 bits per heavy atom. The Morgan fingerprint density at radius 1 is 1.33 bits per heavy atom. The van der Waals surface area contributed by atoms with Crippen LogP contribution in [-0.4, -0.2) is 43.5 Å². The second-order valence-electron chi connectivity index (χ2n) is 6.23. The highest BCUT2D eigenvalue weighted by atomic mass is 19.1. The van der Waals surface area contributed by atoms with E-state index in [0.29, 0.717) is 12.0 Å². The third kappa shape index (κ3) is 2.62. The van der Waals surface area contributed by atoms with Crippen molar-refractivity contribution in [3.05, 3.63) is 29.6 Å². The summed E-state index contributed by atoms with van der Waals surface area (Å²) in [5.41, 5.74) is 6.61. The van der Waals surface area contributed by atoms with Crippen LogP contribution in [-0.2, 0) is 0 Å². The van der Waals surface area contributed by atoms with Crippen molar-refractivity contribution < 1.29 is 4.39 Å². The van der Waals surface area contributed by atoms with Gasteiger partial charge in [-0.25, -0.2) is 4.39 Å². The molecule has 1 aromatic rings. The predicted octanol–water partition coefficient (Wildman–Crippen LogP) is 2.03. The zero-order valence-electron chi connectivity index (χ0n) is 12.5. The Kier molecular flexibility index (Phi) is 3.85. The van der Waals surface area contributed by atoms with Crippen molar-refractivity contribution in [1.29, 1.82) is 5.41 Å². The van der Waals surface area contributed by atoms with Crippen LogP contribution in [0.15, 0.2) is 18.2 Å². The van der Waals surface area contributed by atoms with Crippen molar-refractivity contribution in [2.24, 2.45) is 11.7 Å². The summed E-state index contributed by atoms with van der Waals surface area (Å²) >= 11 is 0. The molecule has 2 unspecified atom stereocenters. The fraction of sp³-hybridized carbons (Fsp3) is 0.562. The second-order valence-corrected chi connectivity index (χ2v) is 6.23. The van der Waals surface area contributed by atoms with Gasteiger partial charge in [0, 0.05) is 19.1 Å². The Balaban J connectivity index is 1.86. The van der Waals surface area contributed by atoms with Crippen LogP contribution >= 0.6 is 0 Å². The molecule has 4 nitrogen and oxygen atoms in total. The maximum atomic E-state index is 14.0. The summed E-state index contributed by atoms with van der Waals surface area (Å²) in [4.78, 5) is 4.67. The quantitative estimate of drug-likeness (QED) is 0.647. The number of halogens is 1. The van der Waals surface area contributed by atoms with Gasteiger partial charge in [-0.05, 0) is 50.9 Å². The minimum Gasteiger partial charge on any atom is -0.384 e. The Labute approximate surface area is 125 Å². The molecular formula is C16H23FN4. The van der Waals surface area contributed by atoms with Gasteiger partial charge in [0.05, 0.1) is 11.3 Å². The van der Waals surface area contributed by atoms with Crippen molar-refractivity contribution in [2.75, 3.05) is 31.6 Å². The number of nitrogens with one attached hydrogen (secondary N) is 1. The number of anilines is 1. The molecule has 114 valence electrons. The predicted molar refractivity (Wildman–Crippen MR) is 83.4 cm³/mol. The molecule has 1 aromatic carbocycles. The summed E-state index contributed by atoms with van der Waals surface area (Å²) < 4.78 is 14.0. The van der Waals surface area contributed by atoms with Gasteiger partial charge in [0.25, 0.3) is 0 Å². The van der Waals surface area contributed by atoms with E-state index in [4.69, 9.17) is 11.1 Å². The summed E-state index contributed by atoms with van der Waals surface area (Å²) in [6.45, 7) is 3.01. The van der Waals surface area contributed by atoms with E-state index >= 15 is 0 Å². The molecule has 3 N–H and O–H groups in total. The van der Waals surface area contributed by atoms with Crippen molar-refractivity contribution >= 4 is 11.5 Å². The first kappa shape index (κ1) is 14.3. The highest BCUT2D eigenvalue weighted by molar-refractivity contribution is 6.00. The highest BCUT2D eigenvalue weighted by Crippen LogP contribution is 2.33. The molecule has 21 heavy (non-hydrogen) atoms. The van der Waals surface area contributed by atoms with Crippen molar-refractivity contribution in [3.63, 3.8) is 0 Å². The second kappa shape index (κ2) is 5.64. The van der Waals surface area contributed by atoms with Gasteiger partial charge in [-0.1, -0.05) is 6.07 Å². The minimum atomic E-state index is -0.400. The monoisotopic (exact) mass is 290 g/mol. The molecule has 0 aromatic heterocycles. The lowest BCUT2D eigenvalue weighted by Gasteiger charge is -2.47. The first-order chi connectivity index (χ1) is 10.1. The van der Waals surface area contributed by atoms with Gasteiger partial charge in [-0.3, -0.25) is 5.41 Å². The maximum Gasteiger partial charge on any atom is 0.136 e. The van der Waals surface area contributed by atoms with Crippen LogP contribution in [0.1, 0.15) is 24.8 Å². The number of benzene rings is 1. The molecule has 0 spiro atoms. The standard InChI is InChI=1S/C16H23FN4/c1-20-8-3-4-11-10-21(9-7-13(11)20)14-6-2-5-12(17)15(14)16(18)19/h2,5-6,11,13H,3-4,7-10H2,1H3,(H3,18,19). The van der Waals surface area contributed by atoms with E-state index in [1.165, 1.54) is 25.5 Å². The molecule has 0 aliphatic carbocycles. The number of nitrogens with zero attached hydrogens (tertiary/aromatic N) is 2. The van der Waals surface area contributed by atoms with Gasteiger partial charge >= 0.3 is 0 Å². The van der Waals surface area contributed by atoms with Crippen molar-refractivity contribution in [3.8, 4) is 0 Å². The lowest BCUT2D eigenvalue weighted by molar-refractivity contribution is 0.102. The number of piperidine rings is 2. The molecule has 2 saturated heterocycles. The number of rotatable bonds is 2. The molecule has 2 fully saturated rings. The van der Waals surface area contributed by atoms with Crippen LogP contribution in [0.5, 0.6) is 0 Å². The molecule has 2 heterocycles. The van der Waals surface area contributed by atoms with E-state index in [-0.39, 0.29) is 11.4 Å². The SMILES string of the molecule is CN1CCCC2CN(c3cccc(F)c3C(=N)N)CCC21. The van der Waals surface area contributed by atoms with Crippen LogP contribution in [0.25, 0.3) is 0 Å². The minimum absolute atomic E-state index is 0.189. The van der Waals surface area contributed by atoms with Crippen LogP contribution in [0.2, 0.25) is 0 Å². The maximum absolute atomic E-state index is 14.0. The topological polar surface area (TPSA) is 56.4 Å². The Hall–Kier alpha value is -1.62. The van der Waals surface area contributed by atoms with E-state index in [1.807, 2.05) is 6.07 Å². The molecular weight excluding hydrogens is 267 g/mol. The highest BCUT2D eigenvalue weighted by Gasteiger charge is 2.35. The zero-order valence-corrected chi connectivity index (χ0v) is 12.5. The Morgan fingerprint density at radius 2 is 2.14 bits per heavy atom. The van der Waals surface area contributed by atoms with Gasteiger partial charge in [-0.2, -0.15) is 0 Å². The summed E-state index contributed by atoms with van der Waals surface area (Å²) in [5.74, 6) is 0.0365. The number of hydrogen-bond donors (Lipinski definition) is 2. The third-order valence-corrected chi connectivity index (χ3v) is 4.95. The van der Waals surface area contributed by atoms with E-state index in [1.54, 1.807) is 6.07 Å². The lowest BCUT2D eigenvalue weighted by Crippen LogP contribution is -2.53. The van der Waals surface area contributed by atoms with E-state index < -0.39 is 5.82 Å². The van der Waals surface area contributed by atoms with E-state index in [9.17, 15) is 4.39 Å². The smallest absolute Gasteiger partial charge is 0.136 e. The van der Waals surface area contributed by atoms with E-state index in [2.05, 4.69) is 16.8 Å². The largest absolute Gasteiger partial charge is 0.384 e. The van der Waals surface area contributed by atoms with Crippen molar-refractivity contribution in [2.45, 2.75) is 25.3 Å². The Bertz CT molecular complexity index is 545. The van der Waals surface area contributed by atoms with Gasteiger partial charge in [-0.15, -0.1) is 0 Å². The molecule has 2 aliphatic rings. The number of likely N-dealkylation sites (tertiary alicyclic amines) is 1. The number of nitrogens with two attached hydrogens (primary N) is 1. The summed E-state index contributed by atoms with van der Waals surface area (Å²) in [6, 6.07) is 5.61. The summed E-state index contributed by atoms with van der Waals surface area (Å²) in [7, 11) is 2.20. The molecule has 0 saturated carbocycles. The van der Waals surface area contributed by atoms with Crippen LogP contribution in [0, 0.1) is 17.1 Å². The van der Waals surface area contributed by atoms with Gasteiger partial charge in [0.1, 0.15) is 11.7 Å². The fourth-order valence-electron chi connectivity index (χ4n) is 3.91. The number of fused-ring (bicyclic) bond motifs is 1. The first-order valence-electron chi connectivity index (χ1n) is 7.66. The molecule has 0 radical (unpaired) electrons. The van der Waals surface area contributed by atoms with Gasteiger partial charge < -0.3 is 15.5 Å². The average molecular weight is 290 g/mol. The van der Waals surface area contributed by atoms with Crippen molar-refractivity contribution in [1.82, 2.24) is 4.90 Å². The van der Waals surface area contributed by atoms with Crippen LogP contribution in [0.3, 0.4) is 0 Å². The summed E-state index contributed by atoms with van der Waals surface area (Å²) in [5, 5.41) is 7.65. The molecule has 0 amide bonds. The van der Waals surface area contributed by atoms with Crippen LogP contribution in [0.4, 0.5) is 10.1 Å². The van der Waals surface area contributed by atoms with Gasteiger partial charge in [0.2, 0.25) is 0 Å². The summed E-state index contributed by atoms with van der Waals surface area (Å²) in [6.07, 6.45) is 3.56. The van der Waals surface area contributed by atoms with Crippen LogP contribution < -0.4 is 10.6 Å². The van der Waals surface area contributed by atoms with Gasteiger partial charge in [0.15, 0.2) is 0 Å². The molecule has 5 heteroatoms. The third-order valence-electron chi connectivity index (χ3n) is 4.95. The first-order valence-corrected chi connectivity index (χ1v) is 7.66. The zero-order chi connectivity index (χ0) is 15.0. The molecule has 2 atom stereocenters. The fourth-order valence-corrected chi connectivity index (χ4v) is 3.91. The number of amidine groups is 1. The molecule has 0 bridgehead atoms. The number of nitrogen functional groups attached to an aromatic ring is 1. The van der Waals surface area contributed by atoms with E-state index in [0.717, 1.165) is 25.2 Å². The molecule has 2 aliphatic heterocycles. The average Bonchev–Trinajstić information content (AvgIpc) is 2.46. The number of hydrogen-bond acceptors (Lipinski definition) is 3.